The minimum Gasteiger partial charge on any atom is -0.369 e. The summed E-state index contributed by atoms with van der Waals surface area (Å²) < 4.78 is 0. The first-order valence-corrected chi connectivity index (χ1v) is 9.35. The molecule has 1 aromatic carbocycles. The minimum absolute atomic E-state index is 0.275. The van der Waals surface area contributed by atoms with Crippen LogP contribution in [0.4, 0.5) is 5.69 Å². The predicted octanol–water partition coefficient (Wildman–Crippen LogP) is 3.36. The van der Waals surface area contributed by atoms with Gasteiger partial charge >= 0.3 is 0 Å². The molecule has 2 aromatic rings. The van der Waals surface area contributed by atoms with E-state index in [1.807, 2.05) is 42.5 Å². The normalized spacial score (nSPS) is 19.2. The van der Waals surface area contributed by atoms with E-state index in [9.17, 15) is 0 Å². The molecule has 27 heavy (non-hydrogen) atoms. The Kier molecular flexibility index (Phi) is 4.62. The van der Waals surface area contributed by atoms with Gasteiger partial charge in [0, 0.05) is 11.9 Å². The van der Waals surface area contributed by atoms with Crippen LogP contribution >= 0.6 is 0 Å². The molecule has 1 aliphatic heterocycles. The van der Waals surface area contributed by atoms with E-state index in [-0.39, 0.29) is 5.96 Å². The van der Waals surface area contributed by atoms with E-state index in [4.69, 9.17) is 16.5 Å². The van der Waals surface area contributed by atoms with Crippen LogP contribution in [0.1, 0.15) is 43.4 Å². The van der Waals surface area contributed by atoms with Crippen molar-refractivity contribution in [3.8, 4) is 0 Å². The molecule has 0 atom stereocenters. The maximum absolute atomic E-state index is 6.31. The van der Waals surface area contributed by atoms with E-state index < -0.39 is 5.66 Å². The van der Waals surface area contributed by atoms with Gasteiger partial charge in [-0.05, 0) is 61.6 Å². The molecule has 2 heterocycles. The third kappa shape index (κ3) is 3.56. The molecule has 0 bridgehead atoms. The van der Waals surface area contributed by atoms with E-state index in [0.29, 0.717) is 5.96 Å². The Labute approximate surface area is 159 Å². The number of nitrogens with zero attached hydrogens (tertiary/aromatic N) is 4. The third-order valence-corrected chi connectivity index (χ3v) is 5.11. The Hall–Kier alpha value is -3.15. The molecular weight excluding hydrogens is 336 g/mol. The zero-order valence-electron chi connectivity index (χ0n) is 15.3. The Balaban J connectivity index is 1.67. The fourth-order valence-electron chi connectivity index (χ4n) is 3.92. The zero-order chi connectivity index (χ0) is 18.7. The van der Waals surface area contributed by atoms with Gasteiger partial charge in [-0.3, -0.25) is 9.88 Å². The maximum Gasteiger partial charge on any atom is 0.220 e. The first-order chi connectivity index (χ1) is 13.2. The highest BCUT2D eigenvalue weighted by molar-refractivity contribution is 6.05. The lowest BCUT2D eigenvalue weighted by Crippen LogP contribution is -2.58. The van der Waals surface area contributed by atoms with Crippen molar-refractivity contribution in [3.63, 3.8) is 0 Å². The van der Waals surface area contributed by atoms with E-state index in [1.54, 1.807) is 6.20 Å². The van der Waals surface area contributed by atoms with Crippen LogP contribution in [0.3, 0.4) is 0 Å². The average molecular weight is 360 g/mol. The molecule has 0 radical (unpaired) electrons. The molecule has 1 aliphatic carbocycles. The van der Waals surface area contributed by atoms with Crippen LogP contribution in [-0.2, 0) is 0 Å². The Morgan fingerprint density at radius 2 is 1.81 bits per heavy atom. The van der Waals surface area contributed by atoms with Crippen LogP contribution in [0.5, 0.6) is 0 Å². The highest BCUT2D eigenvalue weighted by atomic mass is 15.4. The highest BCUT2D eigenvalue weighted by Crippen LogP contribution is 2.39. The molecule has 1 saturated carbocycles. The van der Waals surface area contributed by atoms with Gasteiger partial charge < -0.3 is 11.5 Å². The van der Waals surface area contributed by atoms with Crippen molar-refractivity contribution < 1.29 is 0 Å². The lowest BCUT2D eigenvalue weighted by Gasteiger charge is -2.45. The average Bonchev–Trinajstić information content (AvgIpc) is 2.67. The molecule has 4 N–H and O–H groups in total. The Bertz CT molecular complexity index is 894. The number of hydrogen-bond donors (Lipinski definition) is 2. The molecule has 1 spiro atoms. The number of hydrogen-bond acceptors (Lipinski definition) is 6. The number of guanidine groups is 2. The van der Waals surface area contributed by atoms with Crippen molar-refractivity contribution in [2.24, 2.45) is 21.5 Å². The summed E-state index contributed by atoms with van der Waals surface area (Å²) in [6.45, 7) is 0. The summed E-state index contributed by atoms with van der Waals surface area (Å²) >= 11 is 0. The molecule has 2 aliphatic rings. The smallest absolute Gasteiger partial charge is 0.220 e. The lowest BCUT2D eigenvalue weighted by atomic mass is 9.87. The molecule has 0 unspecified atom stereocenters. The zero-order valence-corrected chi connectivity index (χ0v) is 15.3. The van der Waals surface area contributed by atoms with Gasteiger partial charge in [0.05, 0.1) is 5.69 Å². The topological polar surface area (TPSA) is 92.9 Å². The molecule has 6 nitrogen and oxygen atoms in total. The van der Waals surface area contributed by atoms with Gasteiger partial charge in [0.25, 0.3) is 0 Å². The number of anilines is 1. The van der Waals surface area contributed by atoms with Crippen molar-refractivity contribution in [1.82, 2.24) is 4.98 Å². The summed E-state index contributed by atoms with van der Waals surface area (Å²) in [6.07, 6.45) is 11.1. The Morgan fingerprint density at radius 3 is 2.59 bits per heavy atom. The van der Waals surface area contributed by atoms with Gasteiger partial charge in [0.1, 0.15) is 5.66 Å². The molecule has 6 heteroatoms. The van der Waals surface area contributed by atoms with Crippen molar-refractivity contribution in [2.45, 2.75) is 37.8 Å². The van der Waals surface area contributed by atoms with E-state index in [1.165, 1.54) is 6.42 Å². The monoisotopic (exact) mass is 360 g/mol. The maximum atomic E-state index is 6.31. The quantitative estimate of drug-likeness (QED) is 0.878. The second-order valence-corrected chi connectivity index (χ2v) is 7.00. The number of aliphatic imine (C=N–C) groups is 2. The van der Waals surface area contributed by atoms with Crippen molar-refractivity contribution in [1.29, 1.82) is 0 Å². The van der Waals surface area contributed by atoms with E-state index in [0.717, 1.165) is 42.6 Å². The van der Waals surface area contributed by atoms with Crippen LogP contribution < -0.4 is 16.4 Å². The van der Waals surface area contributed by atoms with Crippen LogP contribution in [0.2, 0.25) is 0 Å². The molecule has 0 saturated heterocycles. The van der Waals surface area contributed by atoms with Gasteiger partial charge in [0.15, 0.2) is 0 Å². The largest absolute Gasteiger partial charge is 0.369 e. The standard InChI is InChI=1S/C21H24N6/c22-19-25-20(23)27(21(26-19)12-3-1-4-13-21)18-9-6-7-16(15-18)10-11-17-8-2-5-14-24-17/h2,5-11,14-15H,1,3-4,12-13H2,(H4,22,23,25,26). The summed E-state index contributed by atoms with van der Waals surface area (Å²) in [5.74, 6) is 0.687. The summed E-state index contributed by atoms with van der Waals surface area (Å²) in [5.41, 5.74) is 14.8. The van der Waals surface area contributed by atoms with Gasteiger partial charge in [-0.25, -0.2) is 4.99 Å². The van der Waals surface area contributed by atoms with E-state index >= 15 is 0 Å². The molecule has 138 valence electrons. The van der Waals surface area contributed by atoms with Gasteiger partial charge in [0.2, 0.25) is 11.9 Å². The number of nitrogens with two attached hydrogens (primary N) is 2. The predicted molar refractivity (Wildman–Crippen MR) is 111 cm³/mol. The first kappa shape index (κ1) is 17.3. The summed E-state index contributed by atoms with van der Waals surface area (Å²) in [5, 5.41) is 0. The number of benzene rings is 1. The number of aromatic nitrogens is 1. The van der Waals surface area contributed by atoms with Crippen molar-refractivity contribution in [2.75, 3.05) is 4.90 Å². The molecule has 1 fully saturated rings. The van der Waals surface area contributed by atoms with Crippen LogP contribution in [0.25, 0.3) is 12.2 Å². The van der Waals surface area contributed by atoms with Gasteiger partial charge in [-0.1, -0.05) is 30.7 Å². The summed E-state index contributed by atoms with van der Waals surface area (Å²) in [6, 6.07) is 14.1. The second kappa shape index (κ2) is 7.23. The van der Waals surface area contributed by atoms with Crippen LogP contribution in [0, 0.1) is 0 Å². The van der Waals surface area contributed by atoms with Gasteiger partial charge in [-0.2, -0.15) is 4.99 Å². The summed E-state index contributed by atoms with van der Waals surface area (Å²) in [4.78, 5) is 15.3. The van der Waals surface area contributed by atoms with Crippen molar-refractivity contribution in [3.05, 3.63) is 59.9 Å². The fourth-order valence-corrected chi connectivity index (χ4v) is 3.92. The first-order valence-electron chi connectivity index (χ1n) is 9.35. The third-order valence-electron chi connectivity index (χ3n) is 5.11. The lowest BCUT2D eigenvalue weighted by molar-refractivity contribution is 0.305. The molecule has 4 rings (SSSR count). The number of rotatable bonds is 3. The Morgan fingerprint density at radius 1 is 0.963 bits per heavy atom. The van der Waals surface area contributed by atoms with Crippen LogP contribution in [-0.4, -0.2) is 22.6 Å². The molecular formula is C21H24N6. The van der Waals surface area contributed by atoms with Gasteiger partial charge in [-0.15, -0.1) is 0 Å². The number of pyridine rings is 1. The summed E-state index contributed by atoms with van der Waals surface area (Å²) in [7, 11) is 0. The highest BCUT2D eigenvalue weighted by Gasteiger charge is 2.42. The SMILES string of the molecule is NC1=NC2(CCCCC2)N(c2cccc(C=Cc3ccccn3)c2)C(N)=N1. The van der Waals surface area contributed by atoms with E-state index in [2.05, 4.69) is 27.0 Å². The van der Waals surface area contributed by atoms with Crippen molar-refractivity contribution >= 4 is 29.8 Å². The fraction of sp³-hybridized carbons (Fsp3) is 0.286. The van der Waals surface area contributed by atoms with Crippen LogP contribution in [0.15, 0.2) is 58.6 Å². The molecule has 1 aromatic heterocycles. The second-order valence-electron chi connectivity index (χ2n) is 7.00. The molecule has 0 amide bonds. The minimum atomic E-state index is -0.419.